The zero-order valence-electron chi connectivity index (χ0n) is 12.2. The van der Waals surface area contributed by atoms with Crippen LogP contribution in [0.15, 0.2) is 22.6 Å². The Bertz CT molecular complexity index is 585. The van der Waals surface area contributed by atoms with Gasteiger partial charge in [0, 0.05) is 24.8 Å². The quantitative estimate of drug-likeness (QED) is 0.867. The minimum absolute atomic E-state index is 0.703. The summed E-state index contributed by atoms with van der Waals surface area (Å²) in [5.41, 5.74) is 8.16. The first-order valence-electron chi connectivity index (χ1n) is 7.15. The maximum absolute atomic E-state index is 5.78. The normalized spacial score (nSPS) is 18.1. The molecule has 1 aliphatic rings. The highest BCUT2D eigenvalue weighted by Crippen LogP contribution is 2.21. The van der Waals surface area contributed by atoms with Gasteiger partial charge in [-0.3, -0.25) is 4.90 Å². The van der Waals surface area contributed by atoms with E-state index in [2.05, 4.69) is 28.9 Å². The molecule has 3 rings (SSSR count). The van der Waals surface area contributed by atoms with Gasteiger partial charge in [0.25, 0.3) is 0 Å². The molecule has 0 bridgehead atoms. The summed E-state index contributed by atoms with van der Waals surface area (Å²) in [5.74, 6) is 0.786. The van der Waals surface area contributed by atoms with E-state index in [0.717, 1.165) is 42.3 Å². The number of benzene rings is 1. The third-order valence-corrected chi connectivity index (χ3v) is 4.10. The van der Waals surface area contributed by atoms with Gasteiger partial charge in [-0.2, -0.15) is 0 Å². The van der Waals surface area contributed by atoms with Crippen molar-refractivity contribution in [2.24, 2.45) is 0 Å². The molecule has 1 aromatic carbocycles. The predicted molar refractivity (Wildman–Crippen MR) is 80.4 cm³/mol. The lowest BCUT2D eigenvalue weighted by Gasteiger charge is -2.34. The van der Waals surface area contributed by atoms with Crippen LogP contribution in [0.4, 0.5) is 5.69 Å². The number of nitrogen functional groups attached to an aromatic ring is 1. The lowest BCUT2D eigenvalue weighted by molar-refractivity contribution is 0.132. The van der Waals surface area contributed by atoms with E-state index in [-0.39, 0.29) is 0 Å². The lowest BCUT2D eigenvalue weighted by Crippen LogP contribution is -2.41. The number of oxazole rings is 1. The molecule has 1 aromatic heterocycles. The fourth-order valence-electron chi connectivity index (χ4n) is 2.84. The third kappa shape index (κ3) is 2.78. The van der Waals surface area contributed by atoms with Crippen LogP contribution < -0.4 is 5.73 Å². The fraction of sp³-hybridized carbons (Fsp3) is 0.533. The van der Waals surface area contributed by atoms with E-state index in [0.29, 0.717) is 6.04 Å². The summed E-state index contributed by atoms with van der Waals surface area (Å²) in [4.78, 5) is 9.25. The van der Waals surface area contributed by atoms with E-state index >= 15 is 0 Å². The van der Waals surface area contributed by atoms with Crippen molar-refractivity contribution in [2.75, 3.05) is 32.9 Å². The molecular weight excluding hydrogens is 252 g/mol. The Morgan fingerprint density at radius 3 is 2.80 bits per heavy atom. The number of piperidine rings is 1. The Kier molecular flexibility index (Phi) is 3.63. The topological polar surface area (TPSA) is 58.5 Å². The maximum atomic E-state index is 5.78. The van der Waals surface area contributed by atoms with E-state index in [1.54, 1.807) is 0 Å². The summed E-state index contributed by atoms with van der Waals surface area (Å²) < 4.78 is 5.78. The Hall–Kier alpha value is -1.59. The number of likely N-dealkylation sites (tertiary alicyclic amines) is 1. The van der Waals surface area contributed by atoms with Crippen molar-refractivity contribution in [3.63, 3.8) is 0 Å². The smallest absolute Gasteiger partial charge is 0.209 e. The van der Waals surface area contributed by atoms with Crippen molar-refractivity contribution < 1.29 is 4.42 Å². The molecule has 1 aliphatic heterocycles. The van der Waals surface area contributed by atoms with E-state index in [9.17, 15) is 0 Å². The Morgan fingerprint density at radius 1 is 1.35 bits per heavy atom. The van der Waals surface area contributed by atoms with Crippen LogP contribution in [0.3, 0.4) is 0 Å². The third-order valence-electron chi connectivity index (χ3n) is 4.10. The highest BCUT2D eigenvalue weighted by Gasteiger charge is 2.21. The molecule has 5 heteroatoms. The van der Waals surface area contributed by atoms with E-state index in [1.165, 1.54) is 12.8 Å². The van der Waals surface area contributed by atoms with Gasteiger partial charge in [0.05, 0.1) is 6.54 Å². The Labute approximate surface area is 119 Å². The molecule has 5 nitrogen and oxygen atoms in total. The van der Waals surface area contributed by atoms with Crippen LogP contribution in [0.2, 0.25) is 0 Å². The zero-order valence-corrected chi connectivity index (χ0v) is 12.2. The van der Waals surface area contributed by atoms with Gasteiger partial charge in [0.2, 0.25) is 5.89 Å². The van der Waals surface area contributed by atoms with Gasteiger partial charge >= 0.3 is 0 Å². The number of hydrogen-bond acceptors (Lipinski definition) is 5. The molecule has 1 fully saturated rings. The van der Waals surface area contributed by atoms with Crippen molar-refractivity contribution in [1.82, 2.24) is 14.8 Å². The number of aromatic nitrogens is 1. The molecule has 0 spiro atoms. The van der Waals surface area contributed by atoms with Crippen molar-refractivity contribution in [3.05, 3.63) is 24.1 Å². The van der Waals surface area contributed by atoms with Gasteiger partial charge in [-0.05, 0) is 45.1 Å². The van der Waals surface area contributed by atoms with E-state index in [4.69, 9.17) is 10.2 Å². The second kappa shape index (κ2) is 5.42. The van der Waals surface area contributed by atoms with Gasteiger partial charge in [-0.25, -0.2) is 4.98 Å². The molecule has 0 radical (unpaired) electrons. The van der Waals surface area contributed by atoms with Crippen LogP contribution in [0.25, 0.3) is 11.1 Å². The van der Waals surface area contributed by atoms with Gasteiger partial charge in [0.15, 0.2) is 5.58 Å². The van der Waals surface area contributed by atoms with Gasteiger partial charge in [-0.15, -0.1) is 0 Å². The summed E-state index contributed by atoms with van der Waals surface area (Å²) in [5, 5.41) is 0. The van der Waals surface area contributed by atoms with Crippen LogP contribution in [0.1, 0.15) is 18.7 Å². The summed E-state index contributed by atoms with van der Waals surface area (Å²) in [6, 6.07) is 6.30. The second-order valence-electron chi connectivity index (χ2n) is 5.81. The van der Waals surface area contributed by atoms with Crippen LogP contribution in [0.5, 0.6) is 0 Å². The zero-order chi connectivity index (χ0) is 14.1. The first kappa shape index (κ1) is 13.4. The summed E-state index contributed by atoms with van der Waals surface area (Å²) in [6.07, 6.45) is 2.42. The van der Waals surface area contributed by atoms with Crippen molar-refractivity contribution in [1.29, 1.82) is 0 Å². The first-order chi connectivity index (χ1) is 9.61. The number of nitrogens with zero attached hydrogens (tertiary/aromatic N) is 3. The molecule has 0 aliphatic carbocycles. The molecule has 2 heterocycles. The monoisotopic (exact) mass is 274 g/mol. The molecule has 1 saturated heterocycles. The molecule has 2 N–H and O–H groups in total. The fourth-order valence-corrected chi connectivity index (χ4v) is 2.84. The number of nitrogens with two attached hydrogens (primary N) is 1. The van der Waals surface area contributed by atoms with Gasteiger partial charge in [-0.1, -0.05) is 0 Å². The minimum Gasteiger partial charge on any atom is -0.439 e. The second-order valence-corrected chi connectivity index (χ2v) is 5.81. The van der Waals surface area contributed by atoms with Crippen LogP contribution in [-0.2, 0) is 6.54 Å². The van der Waals surface area contributed by atoms with Gasteiger partial charge in [0.1, 0.15) is 5.52 Å². The largest absolute Gasteiger partial charge is 0.439 e. The number of hydrogen-bond donors (Lipinski definition) is 1. The van der Waals surface area contributed by atoms with Crippen molar-refractivity contribution >= 4 is 16.8 Å². The summed E-state index contributed by atoms with van der Waals surface area (Å²) in [7, 11) is 4.32. The molecule has 0 amide bonds. The van der Waals surface area contributed by atoms with Crippen LogP contribution in [0, 0.1) is 0 Å². The molecule has 2 aromatic rings. The average molecular weight is 274 g/mol. The molecule has 0 saturated carbocycles. The van der Waals surface area contributed by atoms with Crippen LogP contribution >= 0.6 is 0 Å². The molecule has 0 atom stereocenters. The minimum atomic E-state index is 0.703. The molecule has 108 valence electrons. The average Bonchev–Trinajstić information content (AvgIpc) is 2.80. The highest BCUT2D eigenvalue weighted by atomic mass is 16.3. The first-order valence-corrected chi connectivity index (χ1v) is 7.15. The molecular formula is C15H22N4O. The van der Waals surface area contributed by atoms with Crippen molar-refractivity contribution in [3.8, 4) is 0 Å². The van der Waals surface area contributed by atoms with Gasteiger partial charge < -0.3 is 15.1 Å². The summed E-state index contributed by atoms with van der Waals surface area (Å²) in [6.45, 7) is 2.99. The maximum Gasteiger partial charge on any atom is 0.209 e. The Morgan fingerprint density at radius 2 is 2.10 bits per heavy atom. The van der Waals surface area contributed by atoms with Crippen molar-refractivity contribution in [2.45, 2.75) is 25.4 Å². The number of anilines is 1. The number of fused-ring (bicyclic) bond motifs is 1. The van der Waals surface area contributed by atoms with E-state index in [1.807, 2.05) is 18.2 Å². The molecule has 0 unspecified atom stereocenters. The predicted octanol–water partition coefficient (Wildman–Crippen LogP) is 1.94. The summed E-state index contributed by atoms with van der Waals surface area (Å²) >= 11 is 0. The Balaban J connectivity index is 1.65. The SMILES string of the molecule is CN(C)C1CCN(Cc2nc3cc(N)ccc3o2)CC1. The van der Waals surface area contributed by atoms with Crippen LogP contribution in [-0.4, -0.2) is 48.0 Å². The highest BCUT2D eigenvalue weighted by molar-refractivity contribution is 5.76. The standard InChI is InChI=1S/C15H22N4O/c1-18(2)12-5-7-19(8-6-12)10-15-17-13-9-11(16)3-4-14(13)20-15/h3-4,9,12H,5-8,10,16H2,1-2H3. The molecule has 20 heavy (non-hydrogen) atoms. The number of rotatable bonds is 3. The lowest BCUT2D eigenvalue weighted by atomic mass is 10.0. The van der Waals surface area contributed by atoms with E-state index < -0.39 is 0 Å².